The lowest BCUT2D eigenvalue weighted by molar-refractivity contribution is 0.206. The molecular weight excluding hydrogens is 208 g/mol. The molecule has 1 N–H and O–H groups in total. The Balaban J connectivity index is 1.70. The van der Waals surface area contributed by atoms with Gasteiger partial charge in [0, 0.05) is 13.1 Å². The van der Waals surface area contributed by atoms with Crippen molar-refractivity contribution in [3.05, 3.63) is 35.4 Å². The lowest BCUT2D eigenvalue weighted by atomic mass is 9.98. The van der Waals surface area contributed by atoms with E-state index in [1.54, 1.807) is 0 Å². The van der Waals surface area contributed by atoms with Gasteiger partial charge in [-0.2, -0.15) is 0 Å². The first-order chi connectivity index (χ1) is 8.24. The molecule has 0 bridgehead atoms. The molecule has 1 fully saturated rings. The van der Waals surface area contributed by atoms with Gasteiger partial charge in [0.1, 0.15) is 0 Å². The maximum atomic E-state index is 3.58. The highest BCUT2D eigenvalue weighted by atomic mass is 15.1. The smallest absolute Gasteiger partial charge is 0.0205 e. The summed E-state index contributed by atoms with van der Waals surface area (Å²) in [5.74, 6) is 0.833. The number of rotatable bonds is 4. The van der Waals surface area contributed by atoms with Gasteiger partial charge >= 0.3 is 0 Å². The van der Waals surface area contributed by atoms with Crippen molar-refractivity contribution in [1.29, 1.82) is 0 Å². The minimum absolute atomic E-state index is 0.833. The summed E-state index contributed by atoms with van der Waals surface area (Å²) in [7, 11) is 2.23. The third-order valence-corrected chi connectivity index (χ3v) is 3.60. The minimum Gasteiger partial charge on any atom is -0.312 e. The van der Waals surface area contributed by atoms with Crippen molar-refractivity contribution in [1.82, 2.24) is 10.2 Å². The maximum absolute atomic E-state index is 3.58. The Morgan fingerprint density at radius 1 is 1.29 bits per heavy atom. The highest BCUT2D eigenvalue weighted by Gasteiger charge is 2.16. The van der Waals surface area contributed by atoms with Gasteiger partial charge in [0.25, 0.3) is 0 Å². The van der Waals surface area contributed by atoms with Gasteiger partial charge in [-0.1, -0.05) is 29.8 Å². The summed E-state index contributed by atoms with van der Waals surface area (Å²) in [6.45, 7) is 6.81. The Morgan fingerprint density at radius 2 is 2.06 bits per heavy atom. The van der Waals surface area contributed by atoms with Gasteiger partial charge in [-0.3, -0.25) is 0 Å². The van der Waals surface area contributed by atoms with Crippen LogP contribution < -0.4 is 5.32 Å². The number of nitrogens with zero attached hydrogens (tertiary/aromatic N) is 1. The van der Waals surface area contributed by atoms with Gasteiger partial charge in [0.15, 0.2) is 0 Å². The second kappa shape index (κ2) is 6.18. The number of likely N-dealkylation sites (tertiary alicyclic amines) is 1. The van der Waals surface area contributed by atoms with E-state index in [0.29, 0.717) is 0 Å². The molecule has 2 rings (SSSR count). The number of piperidine rings is 1. The van der Waals surface area contributed by atoms with Crippen LogP contribution in [0.25, 0.3) is 0 Å². The Morgan fingerprint density at radius 3 is 2.76 bits per heavy atom. The fourth-order valence-corrected chi connectivity index (χ4v) is 2.57. The zero-order valence-electron chi connectivity index (χ0n) is 11.1. The van der Waals surface area contributed by atoms with Gasteiger partial charge in [0.05, 0.1) is 0 Å². The van der Waals surface area contributed by atoms with Crippen LogP contribution in [0.5, 0.6) is 0 Å². The molecule has 1 saturated heterocycles. The van der Waals surface area contributed by atoms with Gasteiger partial charge in [0.2, 0.25) is 0 Å². The molecule has 1 aromatic carbocycles. The zero-order valence-corrected chi connectivity index (χ0v) is 11.1. The second-order valence-electron chi connectivity index (χ2n) is 5.39. The van der Waals surface area contributed by atoms with Crippen LogP contribution in [0, 0.1) is 12.8 Å². The van der Waals surface area contributed by atoms with E-state index in [2.05, 4.69) is 48.5 Å². The molecule has 1 heterocycles. The van der Waals surface area contributed by atoms with Crippen LogP contribution in [0.1, 0.15) is 24.0 Å². The molecule has 1 aliphatic heterocycles. The van der Waals surface area contributed by atoms with Crippen molar-refractivity contribution in [2.24, 2.45) is 5.92 Å². The van der Waals surface area contributed by atoms with E-state index in [0.717, 1.165) is 19.0 Å². The summed E-state index contributed by atoms with van der Waals surface area (Å²) in [6.07, 6.45) is 2.73. The van der Waals surface area contributed by atoms with Crippen molar-refractivity contribution in [2.45, 2.75) is 26.3 Å². The Hall–Kier alpha value is -0.860. The Kier molecular flexibility index (Phi) is 4.57. The van der Waals surface area contributed by atoms with E-state index in [4.69, 9.17) is 0 Å². The van der Waals surface area contributed by atoms with E-state index in [9.17, 15) is 0 Å². The highest BCUT2D eigenvalue weighted by Crippen LogP contribution is 2.14. The Bertz CT molecular complexity index is 331. The van der Waals surface area contributed by atoms with Crippen LogP contribution in [-0.4, -0.2) is 31.6 Å². The highest BCUT2D eigenvalue weighted by molar-refractivity contribution is 5.21. The van der Waals surface area contributed by atoms with Gasteiger partial charge in [-0.15, -0.1) is 0 Å². The molecular formula is C15H24N2. The summed E-state index contributed by atoms with van der Waals surface area (Å²) < 4.78 is 0. The number of benzene rings is 1. The van der Waals surface area contributed by atoms with Crippen molar-refractivity contribution >= 4 is 0 Å². The minimum atomic E-state index is 0.833. The summed E-state index contributed by atoms with van der Waals surface area (Å²) in [5.41, 5.74) is 2.72. The SMILES string of the molecule is Cc1ccc(CNCC2CCCN(C)C2)cc1. The molecule has 17 heavy (non-hydrogen) atoms. The average Bonchev–Trinajstić information content (AvgIpc) is 2.32. The van der Waals surface area contributed by atoms with Crippen LogP contribution in [-0.2, 0) is 6.54 Å². The van der Waals surface area contributed by atoms with E-state index < -0.39 is 0 Å². The van der Waals surface area contributed by atoms with Crippen molar-refractivity contribution < 1.29 is 0 Å². The fourth-order valence-electron chi connectivity index (χ4n) is 2.57. The predicted molar refractivity (Wildman–Crippen MR) is 73.1 cm³/mol. The molecule has 0 aliphatic carbocycles. The quantitative estimate of drug-likeness (QED) is 0.857. The summed E-state index contributed by atoms with van der Waals surface area (Å²) in [4.78, 5) is 2.45. The summed E-state index contributed by atoms with van der Waals surface area (Å²) in [6, 6.07) is 8.81. The second-order valence-corrected chi connectivity index (χ2v) is 5.39. The molecule has 1 aromatic rings. The molecule has 1 atom stereocenters. The molecule has 0 spiro atoms. The predicted octanol–water partition coefficient (Wildman–Crippen LogP) is 2.43. The number of nitrogens with one attached hydrogen (secondary N) is 1. The normalized spacial score (nSPS) is 21.6. The van der Waals surface area contributed by atoms with Gasteiger partial charge in [-0.25, -0.2) is 0 Å². The molecule has 0 saturated carbocycles. The maximum Gasteiger partial charge on any atom is 0.0205 e. The largest absolute Gasteiger partial charge is 0.312 e. The first kappa shape index (κ1) is 12.6. The van der Waals surface area contributed by atoms with Crippen LogP contribution >= 0.6 is 0 Å². The van der Waals surface area contributed by atoms with Crippen LogP contribution in [0.15, 0.2) is 24.3 Å². The van der Waals surface area contributed by atoms with E-state index >= 15 is 0 Å². The third kappa shape index (κ3) is 4.14. The molecule has 1 aliphatic rings. The fraction of sp³-hybridized carbons (Fsp3) is 0.600. The van der Waals surface area contributed by atoms with Gasteiger partial charge < -0.3 is 10.2 Å². The lowest BCUT2D eigenvalue weighted by Gasteiger charge is -2.29. The van der Waals surface area contributed by atoms with Crippen LogP contribution in [0.3, 0.4) is 0 Å². The molecule has 2 heteroatoms. The number of hydrogen-bond acceptors (Lipinski definition) is 2. The molecule has 94 valence electrons. The lowest BCUT2D eigenvalue weighted by Crippen LogP contribution is -2.37. The molecule has 2 nitrogen and oxygen atoms in total. The van der Waals surface area contributed by atoms with E-state index in [-0.39, 0.29) is 0 Å². The standard InChI is InChI=1S/C15H24N2/c1-13-5-7-14(8-6-13)10-16-11-15-4-3-9-17(2)12-15/h5-8,15-16H,3-4,9-12H2,1-2H3. The van der Waals surface area contributed by atoms with Crippen molar-refractivity contribution in [3.63, 3.8) is 0 Å². The molecule has 1 unspecified atom stereocenters. The molecule has 0 aromatic heterocycles. The Labute approximate surface area is 105 Å². The third-order valence-electron chi connectivity index (χ3n) is 3.60. The zero-order chi connectivity index (χ0) is 12.1. The molecule has 0 radical (unpaired) electrons. The average molecular weight is 232 g/mol. The first-order valence-corrected chi connectivity index (χ1v) is 6.69. The van der Waals surface area contributed by atoms with Crippen LogP contribution in [0.4, 0.5) is 0 Å². The van der Waals surface area contributed by atoms with Gasteiger partial charge in [-0.05, 0) is 51.4 Å². The van der Waals surface area contributed by atoms with E-state index in [1.165, 1.54) is 37.1 Å². The summed E-state index contributed by atoms with van der Waals surface area (Å²) >= 11 is 0. The topological polar surface area (TPSA) is 15.3 Å². The number of aryl methyl sites for hydroxylation is 1. The van der Waals surface area contributed by atoms with Crippen molar-refractivity contribution in [3.8, 4) is 0 Å². The monoisotopic (exact) mass is 232 g/mol. The first-order valence-electron chi connectivity index (χ1n) is 6.69. The molecule has 0 amide bonds. The van der Waals surface area contributed by atoms with Crippen LogP contribution in [0.2, 0.25) is 0 Å². The number of hydrogen-bond donors (Lipinski definition) is 1. The summed E-state index contributed by atoms with van der Waals surface area (Å²) in [5, 5.41) is 3.58. The van der Waals surface area contributed by atoms with Crippen molar-refractivity contribution in [2.75, 3.05) is 26.7 Å². The van der Waals surface area contributed by atoms with E-state index in [1.807, 2.05) is 0 Å².